The third-order valence-electron chi connectivity index (χ3n) is 4.73. The highest BCUT2D eigenvalue weighted by Crippen LogP contribution is 2.48. The van der Waals surface area contributed by atoms with Crippen molar-refractivity contribution in [3.05, 3.63) is 0 Å². The smallest absolute Gasteiger partial charge is 0.222 e. The Labute approximate surface area is 109 Å². The minimum Gasteiger partial charge on any atom is -0.353 e. The van der Waals surface area contributed by atoms with Crippen LogP contribution in [-0.4, -0.2) is 35.8 Å². The highest BCUT2D eigenvalue weighted by atomic mass is 16.2. The lowest BCUT2D eigenvalue weighted by atomic mass is 9.57. The van der Waals surface area contributed by atoms with Gasteiger partial charge in [0.15, 0.2) is 0 Å². The molecule has 0 bridgehead atoms. The number of hydrogen-bond acceptors (Lipinski definition) is 2. The van der Waals surface area contributed by atoms with E-state index in [9.17, 15) is 9.59 Å². The van der Waals surface area contributed by atoms with Gasteiger partial charge in [0.25, 0.3) is 0 Å². The fourth-order valence-electron chi connectivity index (χ4n) is 3.16. The summed E-state index contributed by atoms with van der Waals surface area (Å²) in [6.07, 6.45) is 3.87. The van der Waals surface area contributed by atoms with Crippen molar-refractivity contribution >= 4 is 11.8 Å². The summed E-state index contributed by atoms with van der Waals surface area (Å²) in [6.45, 7) is 7.72. The highest BCUT2D eigenvalue weighted by Gasteiger charge is 2.49. The van der Waals surface area contributed by atoms with Crippen LogP contribution < -0.4 is 5.32 Å². The van der Waals surface area contributed by atoms with Gasteiger partial charge in [-0.1, -0.05) is 13.8 Å². The number of rotatable bonds is 3. The second-order valence-electron chi connectivity index (χ2n) is 6.30. The summed E-state index contributed by atoms with van der Waals surface area (Å²) < 4.78 is 0. The van der Waals surface area contributed by atoms with Gasteiger partial charge >= 0.3 is 0 Å². The van der Waals surface area contributed by atoms with Crippen molar-refractivity contribution in [2.75, 3.05) is 13.1 Å². The van der Waals surface area contributed by atoms with E-state index in [1.807, 2.05) is 4.90 Å². The molecule has 1 saturated heterocycles. The fraction of sp³-hybridized carbons (Fsp3) is 0.857. The zero-order chi connectivity index (χ0) is 13.3. The summed E-state index contributed by atoms with van der Waals surface area (Å²) in [5, 5.41) is 2.98. The Morgan fingerprint density at radius 2 is 1.89 bits per heavy atom. The maximum Gasteiger partial charge on any atom is 0.222 e. The molecule has 102 valence electrons. The van der Waals surface area contributed by atoms with Crippen LogP contribution >= 0.6 is 0 Å². The number of likely N-dealkylation sites (tertiary alicyclic amines) is 1. The Morgan fingerprint density at radius 3 is 2.39 bits per heavy atom. The monoisotopic (exact) mass is 252 g/mol. The molecule has 2 unspecified atom stereocenters. The Balaban J connectivity index is 1.84. The van der Waals surface area contributed by atoms with Gasteiger partial charge in [-0.05, 0) is 30.6 Å². The highest BCUT2D eigenvalue weighted by molar-refractivity contribution is 5.77. The van der Waals surface area contributed by atoms with Crippen LogP contribution in [0.25, 0.3) is 0 Å². The van der Waals surface area contributed by atoms with E-state index in [-0.39, 0.29) is 17.4 Å². The second-order valence-corrected chi connectivity index (χ2v) is 6.30. The molecule has 1 aliphatic heterocycles. The van der Waals surface area contributed by atoms with Gasteiger partial charge in [-0.3, -0.25) is 9.59 Å². The molecule has 1 N–H and O–H groups in total. The molecule has 1 heterocycles. The van der Waals surface area contributed by atoms with Crippen molar-refractivity contribution < 1.29 is 9.59 Å². The van der Waals surface area contributed by atoms with Gasteiger partial charge in [-0.15, -0.1) is 0 Å². The minimum atomic E-state index is 0.0254. The number of nitrogens with one attached hydrogen (secondary N) is 1. The summed E-state index contributed by atoms with van der Waals surface area (Å²) in [4.78, 5) is 25.2. The van der Waals surface area contributed by atoms with E-state index in [4.69, 9.17) is 0 Å². The van der Waals surface area contributed by atoms with Gasteiger partial charge in [0.2, 0.25) is 11.8 Å². The molecule has 4 nitrogen and oxygen atoms in total. The lowest BCUT2D eigenvalue weighted by molar-refractivity contribution is -0.135. The first-order chi connectivity index (χ1) is 8.41. The molecule has 2 atom stereocenters. The predicted molar refractivity (Wildman–Crippen MR) is 69.9 cm³/mol. The third kappa shape index (κ3) is 2.52. The number of nitrogens with zero attached hydrogens (tertiary/aromatic N) is 1. The summed E-state index contributed by atoms with van der Waals surface area (Å²) >= 11 is 0. The van der Waals surface area contributed by atoms with Crippen LogP contribution in [0.15, 0.2) is 0 Å². The molecule has 0 radical (unpaired) electrons. The average Bonchev–Trinajstić information content (AvgIpc) is 2.80. The molecular weight excluding hydrogens is 228 g/mol. The lowest BCUT2D eigenvalue weighted by Crippen LogP contribution is -2.58. The number of hydrogen-bond donors (Lipinski definition) is 1. The van der Waals surface area contributed by atoms with Crippen molar-refractivity contribution in [1.82, 2.24) is 10.2 Å². The normalized spacial score (nSPS) is 29.8. The van der Waals surface area contributed by atoms with Gasteiger partial charge in [-0.2, -0.15) is 0 Å². The van der Waals surface area contributed by atoms with Crippen molar-refractivity contribution in [1.29, 1.82) is 0 Å². The van der Waals surface area contributed by atoms with Crippen molar-refractivity contribution in [2.24, 2.45) is 11.3 Å². The van der Waals surface area contributed by atoms with Crippen LogP contribution in [0.3, 0.4) is 0 Å². The molecule has 0 aromatic carbocycles. The van der Waals surface area contributed by atoms with Gasteiger partial charge in [0.05, 0.1) is 0 Å². The molecule has 1 saturated carbocycles. The first-order valence-electron chi connectivity index (χ1n) is 6.96. The molecule has 0 spiro atoms. The summed E-state index contributed by atoms with van der Waals surface area (Å²) in [5.74, 6) is 0.728. The van der Waals surface area contributed by atoms with Gasteiger partial charge in [-0.25, -0.2) is 0 Å². The van der Waals surface area contributed by atoms with E-state index in [0.717, 1.165) is 32.4 Å². The molecule has 2 rings (SSSR count). The van der Waals surface area contributed by atoms with Crippen LogP contribution in [0.1, 0.15) is 46.5 Å². The molecule has 4 heteroatoms. The van der Waals surface area contributed by atoms with Crippen LogP contribution in [-0.2, 0) is 9.59 Å². The molecule has 0 aromatic heterocycles. The summed E-state index contributed by atoms with van der Waals surface area (Å²) in [7, 11) is 0. The molecular formula is C14H24N2O2. The maximum atomic E-state index is 12.1. The largest absolute Gasteiger partial charge is 0.353 e. The Morgan fingerprint density at radius 1 is 1.28 bits per heavy atom. The van der Waals surface area contributed by atoms with Crippen molar-refractivity contribution in [3.63, 3.8) is 0 Å². The summed E-state index contributed by atoms with van der Waals surface area (Å²) in [6, 6.07) is 0.228. The molecule has 0 aromatic rings. The van der Waals surface area contributed by atoms with E-state index < -0.39 is 0 Å². The van der Waals surface area contributed by atoms with Crippen LogP contribution in [0.2, 0.25) is 0 Å². The van der Waals surface area contributed by atoms with E-state index in [0.29, 0.717) is 18.2 Å². The molecule has 18 heavy (non-hydrogen) atoms. The Kier molecular flexibility index (Phi) is 3.64. The first-order valence-corrected chi connectivity index (χ1v) is 6.96. The molecule has 2 aliphatic rings. The van der Waals surface area contributed by atoms with Crippen molar-refractivity contribution in [3.8, 4) is 0 Å². The maximum absolute atomic E-state index is 12.1. The van der Waals surface area contributed by atoms with Crippen LogP contribution in [0.4, 0.5) is 0 Å². The van der Waals surface area contributed by atoms with E-state index in [2.05, 4.69) is 19.2 Å². The van der Waals surface area contributed by atoms with Gasteiger partial charge in [0.1, 0.15) is 0 Å². The van der Waals surface area contributed by atoms with Crippen LogP contribution in [0, 0.1) is 11.3 Å². The van der Waals surface area contributed by atoms with Crippen molar-refractivity contribution in [2.45, 2.75) is 52.5 Å². The average molecular weight is 252 g/mol. The second kappa shape index (κ2) is 4.90. The quantitative estimate of drug-likeness (QED) is 0.828. The third-order valence-corrected chi connectivity index (χ3v) is 4.73. The SMILES string of the molecule is CC(=O)NC1CC(CC(=O)N2CCCC2)C1(C)C. The first kappa shape index (κ1) is 13.4. The van der Waals surface area contributed by atoms with Gasteiger partial charge in [0, 0.05) is 32.5 Å². The minimum absolute atomic E-state index is 0.0254. The number of amides is 2. The number of carbonyl (C=O) groups is 2. The predicted octanol–water partition coefficient (Wildman–Crippen LogP) is 1.55. The molecule has 2 amide bonds. The van der Waals surface area contributed by atoms with E-state index in [1.165, 1.54) is 0 Å². The molecule has 2 fully saturated rings. The lowest BCUT2D eigenvalue weighted by Gasteiger charge is -2.52. The van der Waals surface area contributed by atoms with Gasteiger partial charge < -0.3 is 10.2 Å². The topological polar surface area (TPSA) is 49.4 Å². The number of carbonyl (C=O) groups excluding carboxylic acids is 2. The van der Waals surface area contributed by atoms with E-state index >= 15 is 0 Å². The Hall–Kier alpha value is -1.06. The zero-order valence-corrected chi connectivity index (χ0v) is 11.7. The molecule has 1 aliphatic carbocycles. The summed E-state index contributed by atoms with van der Waals surface area (Å²) in [5.41, 5.74) is 0.0427. The zero-order valence-electron chi connectivity index (χ0n) is 11.7. The van der Waals surface area contributed by atoms with E-state index in [1.54, 1.807) is 6.92 Å². The fourth-order valence-corrected chi connectivity index (χ4v) is 3.16. The Bertz CT molecular complexity index is 346. The van der Waals surface area contributed by atoms with Crippen LogP contribution in [0.5, 0.6) is 0 Å². The standard InChI is InChI=1S/C14H24N2O2/c1-10(17)15-12-8-11(14(12,2)3)9-13(18)16-6-4-5-7-16/h11-12H,4-9H2,1-3H3,(H,15,17).